The lowest BCUT2D eigenvalue weighted by Gasteiger charge is -2.19. The van der Waals surface area contributed by atoms with Crippen molar-refractivity contribution in [2.75, 3.05) is 27.1 Å². The van der Waals surface area contributed by atoms with Crippen molar-refractivity contribution in [3.63, 3.8) is 0 Å². The van der Waals surface area contributed by atoms with Gasteiger partial charge in [-0.3, -0.25) is 0 Å². The van der Waals surface area contributed by atoms with Crippen LogP contribution < -0.4 is 0 Å². The number of hydrogen-bond donors (Lipinski definition) is 0. The lowest BCUT2D eigenvalue weighted by Crippen LogP contribution is -2.19. The molecule has 210 valence electrons. The molecule has 0 amide bonds. The molecule has 0 aromatic heterocycles. The maximum absolute atomic E-state index is 6.14. The number of allylic oxidation sites excluding steroid dienone is 1. The molecule has 0 aliphatic carbocycles. The molecule has 0 saturated carbocycles. The molecule has 0 bridgehead atoms. The van der Waals surface area contributed by atoms with Gasteiger partial charge in [-0.1, -0.05) is 117 Å². The van der Waals surface area contributed by atoms with Crippen LogP contribution in [0, 0.1) is 0 Å². The molecule has 0 aromatic rings. The zero-order valence-corrected chi connectivity index (χ0v) is 24.0. The molecule has 0 atom stereocenters. The van der Waals surface area contributed by atoms with Crippen LogP contribution in [0.2, 0.25) is 0 Å². The molecule has 0 radical (unpaired) electrons. The standard InChI is InChI=1S/C31H62O4/c1-4-6-8-19-24-28-34-31(35-29-25-20-9-7-5-2)26-22-18-16-14-12-10-11-13-15-17-21-23-27-33-30-32-3/h23,27,31H,4-22,24-26,28-30H2,1-3H3. The summed E-state index contributed by atoms with van der Waals surface area (Å²) in [6.45, 7) is 6.61. The summed E-state index contributed by atoms with van der Waals surface area (Å²) in [4.78, 5) is 0. The summed E-state index contributed by atoms with van der Waals surface area (Å²) >= 11 is 0. The van der Waals surface area contributed by atoms with E-state index in [0.717, 1.165) is 26.1 Å². The highest BCUT2D eigenvalue weighted by Gasteiger charge is 2.09. The van der Waals surface area contributed by atoms with Crippen LogP contribution in [0.15, 0.2) is 12.3 Å². The molecule has 0 saturated heterocycles. The first kappa shape index (κ1) is 34.4. The van der Waals surface area contributed by atoms with Crippen molar-refractivity contribution in [1.29, 1.82) is 0 Å². The quantitative estimate of drug-likeness (QED) is 0.0560. The van der Waals surface area contributed by atoms with Crippen LogP contribution >= 0.6 is 0 Å². The Morgan fingerprint density at radius 2 is 1.00 bits per heavy atom. The molecule has 35 heavy (non-hydrogen) atoms. The summed E-state index contributed by atoms with van der Waals surface area (Å²) in [5.41, 5.74) is 0. The van der Waals surface area contributed by atoms with Crippen molar-refractivity contribution < 1.29 is 18.9 Å². The monoisotopic (exact) mass is 498 g/mol. The van der Waals surface area contributed by atoms with E-state index in [2.05, 4.69) is 19.9 Å². The van der Waals surface area contributed by atoms with Crippen LogP contribution in [0.25, 0.3) is 0 Å². The number of unbranched alkanes of at least 4 members (excludes halogenated alkanes) is 18. The van der Waals surface area contributed by atoms with Crippen LogP contribution in [0.4, 0.5) is 0 Å². The van der Waals surface area contributed by atoms with Crippen molar-refractivity contribution in [2.45, 2.75) is 161 Å². The first-order valence-electron chi connectivity index (χ1n) is 15.3. The molecule has 0 fully saturated rings. The van der Waals surface area contributed by atoms with Gasteiger partial charge in [0.1, 0.15) is 0 Å². The molecule has 0 rings (SSSR count). The van der Waals surface area contributed by atoms with Gasteiger partial charge in [-0.2, -0.15) is 0 Å². The van der Waals surface area contributed by atoms with Crippen LogP contribution in [-0.4, -0.2) is 33.4 Å². The Balaban J connectivity index is 3.66. The predicted molar refractivity (Wildman–Crippen MR) is 151 cm³/mol. The van der Waals surface area contributed by atoms with Gasteiger partial charge < -0.3 is 18.9 Å². The number of methoxy groups -OCH3 is 1. The van der Waals surface area contributed by atoms with Gasteiger partial charge in [0.05, 0.1) is 6.26 Å². The van der Waals surface area contributed by atoms with Crippen molar-refractivity contribution in [2.24, 2.45) is 0 Å². The van der Waals surface area contributed by atoms with Gasteiger partial charge >= 0.3 is 0 Å². The molecule has 0 aliphatic rings. The molecule has 0 spiro atoms. The second kappa shape index (κ2) is 31.4. The fourth-order valence-electron chi connectivity index (χ4n) is 4.29. The van der Waals surface area contributed by atoms with Gasteiger partial charge in [-0.15, -0.1) is 0 Å². The molecule has 0 aromatic carbocycles. The average molecular weight is 499 g/mol. The Kier molecular flexibility index (Phi) is 30.9. The van der Waals surface area contributed by atoms with E-state index in [1.54, 1.807) is 13.4 Å². The SMILES string of the molecule is CCCCCCCOC(CCCCCCCCCCCCC=COCOC)OCCCCCCC. The molecule has 0 N–H and O–H groups in total. The van der Waals surface area contributed by atoms with Crippen LogP contribution in [-0.2, 0) is 18.9 Å². The lowest BCUT2D eigenvalue weighted by atomic mass is 10.1. The second-order valence-electron chi connectivity index (χ2n) is 10.1. The van der Waals surface area contributed by atoms with E-state index in [-0.39, 0.29) is 6.29 Å². The maximum Gasteiger partial charge on any atom is 0.187 e. The third-order valence-corrected chi connectivity index (χ3v) is 6.54. The Morgan fingerprint density at radius 1 is 0.543 bits per heavy atom. The van der Waals surface area contributed by atoms with Crippen molar-refractivity contribution in [3.8, 4) is 0 Å². The third-order valence-electron chi connectivity index (χ3n) is 6.54. The highest BCUT2D eigenvalue weighted by atomic mass is 16.7. The normalized spacial score (nSPS) is 11.8. The van der Waals surface area contributed by atoms with E-state index in [0.29, 0.717) is 6.79 Å². The summed E-state index contributed by atoms with van der Waals surface area (Å²) in [5, 5.41) is 0. The van der Waals surface area contributed by atoms with Crippen molar-refractivity contribution in [3.05, 3.63) is 12.3 Å². The third kappa shape index (κ3) is 29.5. The van der Waals surface area contributed by atoms with Crippen molar-refractivity contribution >= 4 is 0 Å². The van der Waals surface area contributed by atoms with Gasteiger partial charge in [0.25, 0.3) is 0 Å². The van der Waals surface area contributed by atoms with E-state index >= 15 is 0 Å². The zero-order valence-electron chi connectivity index (χ0n) is 24.0. The zero-order chi connectivity index (χ0) is 25.5. The first-order chi connectivity index (χ1) is 17.3. The Bertz CT molecular complexity index is 383. The van der Waals surface area contributed by atoms with E-state index < -0.39 is 0 Å². The van der Waals surface area contributed by atoms with E-state index in [1.807, 2.05) is 0 Å². The molecule has 4 nitrogen and oxygen atoms in total. The highest BCUT2D eigenvalue weighted by Crippen LogP contribution is 2.15. The van der Waals surface area contributed by atoms with Gasteiger partial charge in [0, 0.05) is 20.3 Å². The number of rotatable bonds is 30. The van der Waals surface area contributed by atoms with E-state index in [9.17, 15) is 0 Å². The fourth-order valence-corrected chi connectivity index (χ4v) is 4.29. The molecule has 0 unspecified atom stereocenters. The fraction of sp³-hybridized carbons (Fsp3) is 0.935. The van der Waals surface area contributed by atoms with E-state index in [4.69, 9.17) is 18.9 Å². The minimum atomic E-state index is 0.0220. The molecule has 4 heteroatoms. The minimum Gasteiger partial charge on any atom is -0.476 e. The lowest BCUT2D eigenvalue weighted by molar-refractivity contribution is -0.148. The Morgan fingerprint density at radius 3 is 1.51 bits per heavy atom. The summed E-state index contributed by atoms with van der Waals surface area (Å²) < 4.78 is 22.3. The maximum atomic E-state index is 6.14. The topological polar surface area (TPSA) is 36.9 Å². The first-order valence-corrected chi connectivity index (χ1v) is 15.3. The minimum absolute atomic E-state index is 0.0220. The summed E-state index contributed by atoms with van der Waals surface area (Å²) in [6.07, 6.45) is 32.3. The molecular formula is C31H62O4. The number of ether oxygens (including phenoxy) is 4. The smallest absolute Gasteiger partial charge is 0.187 e. The Hall–Kier alpha value is -0.580. The summed E-state index contributed by atoms with van der Waals surface area (Å²) in [7, 11) is 1.64. The predicted octanol–water partition coefficient (Wildman–Crippen LogP) is 10.1. The average Bonchev–Trinajstić information content (AvgIpc) is 2.87. The van der Waals surface area contributed by atoms with Gasteiger partial charge in [0.2, 0.25) is 0 Å². The molecular weight excluding hydrogens is 436 g/mol. The summed E-state index contributed by atoms with van der Waals surface area (Å²) in [6, 6.07) is 0. The largest absolute Gasteiger partial charge is 0.476 e. The Labute approximate surface area is 219 Å². The van der Waals surface area contributed by atoms with Crippen molar-refractivity contribution in [1.82, 2.24) is 0 Å². The van der Waals surface area contributed by atoms with E-state index in [1.165, 1.54) is 128 Å². The highest BCUT2D eigenvalue weighted by molar-refractivity contribution is 4.72. The summed E-state index contributed by atoms with van der Waals surface area (Å²) in [5.74, 6) is 0. The number of hydrogen-bond acceptors (Lipinski definition) is 4. The van der Waals surface area contributed by atoms with Gasteiger partial charge in [-0.05, 0) is 44.6 Å². The molecule has 0 heterocycles. The van der Waals surface area contributed by atoms with Crippen LogP contribution in [0.1, 0.15) is 155 Å². The second-order valence-corrected chi connectivity index (χ2v) is 10.1. The molecule has 0 aliphatic heterocycles. The van der Waals surface area contributed by atoms with Crippen LogP contribution in [0.5, 0.6) is 0 Å². The van der Waals surface area contributed by atoms with Gasteiger partial charge in [0.15, 0.2) is 13.1 Å². The van der Waals surface area contributed by atoms with Crippen LogP contribution in [0.3, 0.4) is 0 Å². The van der Waals surface area contributed by atoms with Gasteiger partial charge in [-0.25, -0.2) is 0 Å².